The summed E-state index contributed by atoms with van der Waals surface area (Å²) in [5, 5.41) is 4.68. The molecule has 1 aliphatic heterocycles. The van der Waals surface area contributed by atoms with Crippen LogP contribution in [0.4, 0.5) is 5.95 Å². The summed E-state index contributed by atoms with van der Waals surface area (Å²) in [6, 6.07) is 0.609. The molecule has 5 nitrogen and oxygen atoms in total. The minimum absolute atomic E-state index is 0.609. The quantitative estimate of drug-likeness (QED) is 0.771. The lowest BCUT2D eigenvalue weighted by Gasteiger charge is -2.24. The van der Waals surface area contributed by atoms with Crippen LogP contribution in [0.5, 0.6) is 0 Å². The number of likely N-dealkylation sites (N-methyl/N-ethyl adjacent to an activating group) is 1. The fourth-order valence-electron chi connectivity index (χ4n) is 4.67. The monoisotopic (exact) mass is 355 g/mol. The number of hydrogen-bond acceptors (Lipinski definition) is 4. The first-order chi connectivity index (χ1) is 12.8. The van der Waals surface area contributed by atoms with Crippen LogP contribution in [0.2, 0.25) is 0 Å². The second-order valence-electron chi connectivity index (χ2n) is 8.24. The van der Waals surface area contributed by atoms with E-state index >= 15 is 0 Å². The Bertz CT molecular complexity index is 731. The molecule has 26 heavy (non-hydrogen) atoms. The van der Waals surface area contributed by atoms with Crippen molar-refractivity contribution in [3.63, 3.8) is 0 Å². The van der Waals surface area contributed by atoms with Gasteiger partial charge in [0, 0.05) is 42.8 Å². The predicted octanol–water partition coefficient (Wildman–Crippen LogP) is 4.57. The largest absolute Gasteiger partial charge is 0.354 e. The summed E-state index contributed by atoms with van der Waals surface area (Å²) in [5.74, 6) is 1.41. The lowest BCUT2D eigenvalue weighted by Crippen LogP contribution is -2.13. The number of unbranched alkanes of at least 4 members (excludes halogenated alkanes) is 1. The molecule has 2 aliphatic rings. The molecular weight excluding hydrogens is 322 g/mol. The van der Waals surface area contributed by atoms with E-state index in [4.69, 9.17) is 4.98 Å². The molecule has 5 heteroatoms. The average molecular weight is 356 g/mol. The molecule has 0 spiro atoms. The van der Waals surface area contributed by atoms with Crippen molar-refractivity contribution in [2.24, 2.45) is 0 Å². The molecule has 1 aliphatic carbocycles. The van der Waals surface area contributed by atoms with Crippen molar-refractivity contribution in [2.75, 3.05) is 32.0 Å². The van der Waals surface area contributed by atoms with Gasteiger partial charge in [0.1, 0.15) is 5.65 Å². The number of fused-ring (bicyclic) bond motifs is 1. The Morgan fingerprint density at radius 3 is 2.77 bits per heavy atom. The van der Waals surface area contributed by atoms with E-state index in [-0.39, 0.29) is 0 Å². The van der Waals surface area contributed by atoms with Crippen LogP contribution in [0.1, 0.15) is 75.8 Å². The molecule has 0 bridgehead atoms. The van der Waals surface area contributed by atoms with Crippen LogP contribution in [-0.4, -0.2) is 46.1 Å². The van der Waals surface area contributed by atoms with Gasteiger partial charge in [0.2, 0.25) is 5.95 Å². The van der Waals surface area contributed by atoms with Crippen LogP contribution in [0, 0.1) is 0 Å². The van der Waals surface area contributed by atoms with Gasteiger partial charge in [-0.2, -0.15) is 4.98 Å². The number of hydrogen-bond donors (Lipinski definition) is 1. The summed E-state index contributed by atoms with van der Waals surface area (Å²) in [4.78, 5) is 12.0. The van der Waals surface area contributed by atoms with Gasteiger partial charge in [-0.25, -0.2) is 4.98 Å². The van der Waals surface area contributed by atoms with E-state index in [9.17, 15) is 0 Å². The van der Waals surface area contributed by atoms with Gasteiger partial charge in [-0.15, -0.1) is 0 Å². The highest BCUT2D eigenvalue weighted by Crippen LogP contribution is 2.37. The maximum Gasteiger partial charge on any atom is 0.224 e. The number of aromatic nitrogens is 3. The highest BCUT2D eigenvalue weighted by Gasteiger charge is 2.27. The van der Waals surface area contributed by atoms with Crippen LogP contribution in [-0.2, 0) is 0 Å². The maximum atomic E-state index is 4.96. The lowest BCUT2D eigenvalue weighted by atomic mass is 9.95. The third-order valence-electron chi connectivity index (χ3n) is 6.22. The Morgan fingerprint density at radius 1 is 1.19 bits per heavy atom. The smallest absolute Gasteiger partial charge is 0.224 e. The minimum Gasteiger partial charge on any atom is -0.354 e. The molecule has 1 N–H and O–H groups in total. The molecule has 142 valence electrons. The van der Waals surface area contributed by atoms with Gasteiger partial charge in [0.15, 0.2) is 0 Å². The zero-order valence-corrected chi connectivity index (χ0v) is 16.4. The van der Waals surface area contributed by atoms with Gasteiger partial charge in [0.25, 0.3) is 0 Å². The molecule has 1 saturated heterocycles. The molecule has 1 saturated carbocycles. The first-order valence-corrected chi connectivity index (χ1v) is 10.6. The van der Waals surface area contributed by atoms with Crippen molar-refractivity contribution in [1.29, 1.82) is 0 Å². The Hall–Kier alpha value is -1.62. The maximum absolute atomic E-state index is 4.96. The summed E-state index contributed by atoms with van der Waals surface area (Å²) in [6.07, 6.45) is 14.7. The predicted molar refractivity (Wildman–Crippen MR) is 108 cm³/mol. The van der Waals surface area contributed by atoms with E-state index in [1.807, 2.05) is 0 Å². The topological polar surface area (TPSA) is 46.0 Å². The van der Waals surface area contributed by atoms with Crippen molar-refractivity contribution in [2.45, 2.75) is 70.3 Å². The van der Waals surface area contributed by atoms with E-state index in [1.54, 1.807) is 0 Å². The van der Waals surface area contributed by atoms with Gasteiger partial charge in [-0.1, -0.05) is 32.6 Å². The van der Waals surface area contributed by atoms with Crippen LogP contribution in [0.15, 0.2) is 12.4 Å². The number of nitrogens with one attached hydrogen (secondary N) is 1. The Labute approximate surface area is 157 Å². The molecule has 4 rings (SSSR count). The van der Waals surface area contributed by atoms with Crippen molar-refractivity contribution < 1.29 is 0 Å². The zero-order chi connectivity index (χ0) is 17.9. The van der Waals surface area contributed by atoms with Gasteiger partial charge < -0.3 is 14.8 Å². The standard InChI is InChI=1S/C21H33N5/c1-3-4-11-22-21-23-13-18-19(16-10-12-25(2)14-16)15-26(20(18)24-21)17-8-6-5-7-9-17/h13,15-17H,3-12,14H2,1-2H3,(H,22,23,24). The van der Waals surface area contributed by atoms with Crippen LogP contribution < -0.4 is 5.32 Å². The second kappa shape index (κ2) is 7.95. The summed E-state index contributed by atoms with van der Waals surface area (Å²) in [5.41, 5.74) is 2.62. The average Bonchev–Trinajstić information content (AvgIpc) is 3.26. The third kappa shape index (κ3) is 3.59. The van der Waals surface area contributed by atoms with Crippen molar-refractivity contribution in [1.82, 2.24) is 19.4 Å². The highest BCUT2D eigenvalue weighted by atomic mass is 15.2. The number of nitrogens with zero attached hydrogens (tertiary/aromatic N) is 4. The Balaban J connectivity index is 1.70. The number of rotatable bonds is 6. The zero-order valence-electron chi connectivity index (χ0n) is 16.4. The molecule has 3 heterocycles. The molecule has 0 radical (unpaired) electrons. The van der Waals surface area contributed by atoms with Crippen molar-refractivity contribution in [3.8, 4) is 0 Å². The number of anilines is 1. The van der Waals surface area contributed by atoms with Gasteiger partial charge in [-0.3, -0.25) is 0 Å². The molecular formula is C21H33N5. The second-order valence-corrected chi connectivity index (χ2v) is 8.24. The van der Waals surface area contributed by atoms with Gasteiger partial charge in [0.05, 0.1) is 0 Å². The van der Waals surface area contributed by atoms with E-state index < -0.39 is 0 Å². The molecule has 1 unspecified atom stereocenters. The van der Waals surface area contributed by atoms with Crippen LogP contribution in [0.25, 0.3) is 11.0 Å². The van der Waals surface area contributed by atoms with E-state index in [0.29, 0.717) is 12.0 Å². The number of likely N-dealkylation sites (tertiary alicyclic amines) is 1. The normalized spacial score (nSPS) is 22.3. The Morgan fingerprint density at radius 2 is 2.04 bits per heavy atom. The highest BCUT2D eigenvalue weighted by molar-refractivity contribution is 5.81. The van der Waals surface area contributed by atoms with Crippen LogP contribution in [0.3, 0.4) is 0 Å². The summed E-state index contributed by atoms with van der Waals surface area (Å²) < 4.78 is 2.49. The summed E-state index contributed by atoms with van der Waals surface area (Å²) in [6.45, 7) is 5.51. The van der Waals surface area contributed by atoms with Crippen molar-refractivity contribution in [3.05, 3.63) is 18.0 Å². The lowest BCUT2D eigenvalue weighted by molar-refractivity contribution is 0.359. The fraction of sp³-hybridized carbons (Fsp3) is 0.714. The SMILES string of the molecule is CCCCNc1ncc2c(C3CCN(C)C3)cn(C3CCCCC3)c2n1. The van der Waals surface area contributed by atoms with Gasteiger partial charge in [-0.05, 0) is 44.8 Å². The van der Waals surface area contributed by atoms with Crippen LogP contribution >= 0.6 is 0 Å². The van der Waals surface area contributed by atoms with E-state index in [2.05, 4.69) is 46.1 Å². The fourth-order valence-corrected chi connectivity index (χ4v) is 4.67. The molecule has 0 aromatic carbocycles. The van der Waals surface area contributed by atoms with E-state index in [1.165, 1.54) is 62.4 Å². The first-order valence-electron chi connectivity index (χ1n) is 10.6. The Kier molecular flexibility index (Phi) is 5.44. The van der Waals surface area contributed by atoms with Gasteiger partial charge >= 0.3 is 0 Å². The van der Waals surface area contributed by atoms with E-state index in [0.717, 1.165) is 31.1 Å². The minimum atomic E-state index is 0.609. The molecule has 2 aromatic heterocycles. The molecule has 2 fully saturated rings. The molecule has 1 atom stereocenters. The molecule has 0 amide bonds. The summed E-state index contributed by atoms with van der Waals surface area (Å²) >= 11 is 0. The first kappa shape index (κ1) is 17.8. The van der Waals surface area contributed by atoms with Crippen molar-refractivity contribution >= 4 is 17.0 Å². The summed E-state index contributed by atoms with van der Waals surface area (Å²) in [7, 11) is 2.23. The third-order valence-corrected chi connectivity index (χ3v) is 6.22. The molecule has 2 aromatic rings.